The summed E-state index contributed by atoms with van der Waals surface area (Å²) in [6.07, 6.45) is 3.45. The van der Waals surface area contributed by atoms with Gasteiger partial charge in [0.15, 0.2) is 0 Å². The van der Waals surface area contributed by atoms with Gasteiger partial charge < -0.3 is 14.6 Å². The van der Waals surface area contributed by atoms with Crippen LogP contribution in [0.5, 0.6) is 5.75 Å². The molecule has 2 aliphatic rings. The molecular weight excluding hydrogens is 368 g/mol. The fourth-order valence-electron chi connectivity index (χ4n) is 3.52. The minimum absolute atomic E-state index is 0.00859. The zero-order chi connectivity index (χ0) is 19.0. The minimum Gasteiger partial charge on any atom is -0.493 e. The quantitative estimate of drug-likeness (QED) is 0.830. The number of benzene rings is 1. The van der Waals surface area contributed by atoms with Gasteiger partial charge in [0.1, 0.15) is 5.75 Å². The first-order valence-electron chi connectivity index (χ1n) is 8.98. The molecular formula is C19H22N2O5S. The maximum atomic E-state index is 12.0. The molecule has 2 N–H and O–H groups in total. The summed E-state index contributed by atoms with van der Waals surface area (Å²) in [6.45, 7) is 2.76. The van der Waals surface area contributed by atoms with Crippen LogP contribution in [0.2, 0.25) is 0 Å². The highest BCUT2D eigenvalue weighted by molar-refractivity contribution is 7.89. The van der Waals surface area contributed by atoms with Crippen molar-refractivity contribution in [3.63, 3.8) is 0 Å². The lowest BCUT2D eigenvalue weighted by molar-refractivity contribution is 0.0884. The molecule has 8 heteroatoms. The van der Waals surface area contributed by atoms with Crippen LogP contribution in [0.15, 0.2) is 30.6 Å². The van der Waals surface area contributed by atoms with E-state index < -0.39 is 22.2 Å². The van der Waals surface area contributed by atoms with E-state index in [9.17, 15) is 13.5 Å². The van der Waals surface area contributed by atoms with Crippen LogP contribution < -0.4 is 9.46 Å². The van der Waals surface area contributed by atoms with Crippen molar-refractivity contribution < 1.29 is 23.0 Å². The average Bonchev–Trinajstić information content (AvgIpc) is 2.68. The second kappa shape index (κ2) is 7.20. The number of aliphatic hydroxyl groups is 1. The van der Waals surface area contributed by atoms with Gasteiger partial charge in [-0.25, -0.2) is 13.1 Å². The van der Waals surface area contributed by atoms with Crippen molar-refractivity contribution >= 4 is 10.0 Å². The van der Waals surface area contributed by atoms with Crippen molar-refractivity contribution in [3.05, 3.63) is 47.3 Å². The van der Waals surface area contributed by atoms with E-state index in [0.717, 1.165) is 27.8 Å². The molecule has 0 saturated heterocycles. The number of aliphatic hydroxyl groups excluding tert-OH is 1. The maximum Gasteiger partial charge on any atom is 0.211 e. The standard InChI is InChI=1S/C19H22N2O5S/c1-2-27(23,24)21-17-11-25-10-16-14(8-20-9-15(16)17)12-3-4-19-13(7-12)18(22)5-6-26-19/h3-4,7-9,17-18,21-22H,2,5-6,10-11H2,1H3. The summed E-state index contributed by atoms with van der Waals surface area (Å²) in [7, 11) is -3.37. The number of rotatable bonds is 4. The number of nitrogens with zero attached hydrogens (tertiary/aromatic N) is 1. The molecule has 2 unspecified atom stereocenters. The highest BCUT2D eigenvalue weighted by Crippen LogP contribution is 2.38. The molecule has 1 aromatic carbocycles. The Bertz CT molecular complexity index is 961. The number of hydrogen-bond acceptors (Lipinski definition) is 6. The molecule has 1 aromatic heterocycles. The van der Waals surface area contributed by atoms with Gasteiger partial charge in [0, 0.05) is 29.9 Å². The lowest BCUT2D eigenvalue weighted by Crippen LogP contribution is -2.35. The second-order valence-corrected chi connectivity index (χ2v) is 8.79. The first-order chi connectivity index (χ1) is 13.0. The fourth-order valence-corrected chi connectivity index (χ4v) is 4.32. The number of hydrogen-bond donors (Lipinski definition) is 2. The van der Waals surface area contributed by atoms with Crippen LogP contribution in [-0.2, 0) is 21.4 Å². The Morgan fingerprint density at radius 1 is 1.30 bits per heavy atom. The molecule has 0 radical (unpaired) electrons. The smallest absolute Gasteiger partial charge is 0.211 e. The molecule has 3 heterocycles. The van der Waals surface area contributed by atoms with E-state index in [-0.39, 0.29) is 12.4 Å². The number of sulfonamides is 1. The van der Waals surface area contributed by atoms with Crippen molar-refractivity contribution in [1.82, 2.24) is 9.71 Å². The zero-order valence-corrected chi connectivity index (χ0v) is 15.8. The average molecular weight is 390 g/mol. The van der Waals surface area contributed by atoms with E-state index in [1.54, 1.807) is 19.3 Å². The van der Waals surface area contributed by atoms with E-state index in [2.05, 4.69) is 9.71 Å². The van der Waals surface area contributed by atoms with Gasteiger partial charge in [-0.1, -0.05) is 6.07 Å². The normalized spacial score (nSPS) is 21.9. The van der Waals surface area contributed by atoms with Gasteiger partial charge in [0.25, 0.3) is 0 Å². The highest BCUT2D eigenvalue weighted by Gasteiger charge is 2.27. The van der Waals surface area contributed by atoms with Crippen molar-refractivity contribution in [3.8, 4) is 16.9 Å². The SMILES string of the molecule is CCS(=O)(=O)NC1COCc2c(-c3ccc4c(c3)C(O)CCO4)cncc21. The van der Waals surface area contributed by atoms with E-state index in [1.165, 1.54) is 0 Å². The summed E-state index contributed by atoms with van der Waals surface area (Å²) in [4.78, 5) is 4.33. The number of nitrogens with one attached hydrogen (secondary N) is 1. The molecule has 0 spiro atoms. The van der Waals surface area contributed by atoms with Gasteiger partial charge in [0.2, 0.25) is 10.0 Å². The third-order valence-electron chi connectivity index (χ3n) is 5.03. The van der Waals surface area contributed by atoms with Crippen LogP contribution in [-0.4, -0.2) is 37.5 Å². The molecule has 2 aromatic rings. The molecule has 0 aliphatic carbocycles. The number of fused-ring (bicyclic) bond motifs is 2. The summed E-state index contributed by atoms with van der Waals surface area (Å²) in [6, 6.07) is 5.23. The van der Waals surface area contributed by atoms with Crippen LogP contribution in [0, 0.1) is 0 Å². The predicted molar refractivity (Wildman–Crippen MR) is 99.7 cm³/mol. The van der Waals surface area contributed by atoms with E-state index >= 15 is 0 Å². The maximum absolute atomic E-state index is 12.0. The molecule has 0 saturated carbocycles. The topological polar surface area (TPSA) is 97.8 Å². The summed E-state index contributed by atoms with van der Waals surface area (Å²) in [5.74, 6) is 0.703. The monoisotopic (exact) mass is 390 g/mol. The Hall–Kier alpha value is -2.00. The lowest BCUT2D eigenvalue weighted by Gasteiger charge is -2.28. The van der Waals surface area contributed by atoms with Crippen molar-refractivity contribution in [2.75, 3.05) is 19.0 Å². The van der Waals surface area contributed by atoms with Crippen LogP contribution in [0.25, 0.3) is 11.1 Å². The Labute approximate surface area is 158 Å². The molecule has 0 fully saturated rings. The fraction of sp³-hybridized carbons (Fsp3) is 0.421. The van der Waals surface area contributed by atoms with Gasteiger partial charge in [-0.2, -0.15) is 0 Å². The highest BCUT2D eigenvalue weighted by atomic mass is 32.2. The first kappa shape index (κ1) is 18.4. The Morgan fingerprint density at radius 3 is 2.96 bits per heavy atom. The van der Waals surface area contributed by atoms with Gasteiger partial charge in [-0.05, 0) is 35.7 Å². The van der Waals surface area contributed by atoms with Gasteiger partial charge in [-0.15, -0.1) is 0 Å². The molecule has 4 rings (SSSR count). The molecule has 2 aliphatic heterocycles. The molecule has 2 atom stereocenters. The van der Waals surface area contributed by atoms with Crippen LogP contribution in [0.1, 0.15) is 42.2 Å². The summed E-state index contributed by atoms with van der Waals surface area (Å²) < 4.78 is 38.0. The zero-order valence-electron chi connectivity index (χ0n) is 15.0. The van der Waals surface area contributed by atoms with E-state index in [1.807, 2.05) is 18.2 Å². The number of pyridine rings is 1. The first-order valence-corrected chi connectivity index (χ1v) is 10.6. The van der Waals surface area contributed by atoms with Gasteiger partial charge in [0.05, 0.1) is 37.7 Å². The predicted octanol–water partition coefficient (Wildman–Crippen LogP) is 2.08. The van der Waals surface area contributed by atoms with Crippen LogP contribution in [0.4, 0.5) is 0 Å². The van der Waals surface area contributed by atoms with Crippen molar-refractivity contribution in [1.29, 1.82) is 0 Å². The molecule has 0 amide bonds. The van der Waals surface area contributed by atoms with Crippen molar-refractivity contribution in [2.45, 2.75) is 32.1 Å². The summed E-state index contributed by atoms with van der Waals surface area (Å²) in [5, 5.41) is 10.3. The summed E-state index contributed by atoms with van der Waals surface area (Å²) in [5.41, 5.74) is 4.26. The molecule has 0 bridgehead atoms. The third kappa shape index (κ3) is 3.58. The van der Waals surface area contributed by atoms with Crippen LogP contribution >= 0.6 is 0 Å². The van der Waals surface area contributed by atoms with Gasteiger partial charge in [-0.3, -0.25) is 4.98 Å². The molecule has 7 nitrogen and oxygen atoms in total. The second-order valence-electron chi connectivity index (χ2n) is 6.75. The third-order valence-corrected chi connectivity index (χ3v) is 6.43. The van der Waals surface area contributed by atoms with Crippen LogP contribution in [0.3, 0.4) is 0 Å². The Balaban J connectivity index is 1.75. The Kier molecular flexibility index (Phi) is 4.90. The molecule has 27 heavy (non-hydrogen) atoms. The number of aromatic nitrogens is 1. The van der Waals surface area contributed by atoms with E-state index in [0.29, 0.717) is 25.4 Å². The van der Waals surface area contributed by atoms with Crippen molar-refractivity contribution in [2.24, 2.45) is 0 Å². The lowest BCUT2D eigenvalue weighted by atomic mass is 9.92. The Morgan fingerprint density at radius 2 is 2.15 bits per heavy atom. The minimum atomic E-state index is -3.37. The molecule has 144 valence electrons. The largest absolute Gasteiger partial charge is 0.493 e. The van der Waals surface area contributed by atoms with E-state index in [4.69, 9.17) is 9.47 Å². The number of ether oxygens (including phenoxy) is 2. The van der Waals surface area contributed by atoms with Gasteiger partial charge >= 0.3 is 0 Å². The summed E-state index contributed by atoms with van der Waals surface area (Å²) >= 11 is 0.